The third-order valence-electron chi connectivity index (χ3n) is 4.95. The van der Waals surface area contributed by atoms with Gasteiger partial charge >= 0.3 is 0 Å². The SMILES string of the molecule is CS(=O)(=O)c1cc(CNC(=O)c2cncc3c2cnn3-c2ccc(F)cc2)cc(NCC(N)=O)n1. The monoisotopic (exact) mass is 497 g/mol. The van der Waals surface area contributed by atoms with E-state index in [9.17, 15) is 22.4 Å². The van der Waals surface area contributed by atoms with Gasteiger partial charge in [0.05, 0.1) is 35.7 Å². The van der Waals surface area contributed by atoms with E-state index in [1.54, 1.807) is 18.3 Å². The highest BCUT2D eigenvalue weighted by Crippen LogP contribution is 2.21. The van der Waals surface area contributed by atoms with Crippen molar-refractivity contribution < 1.29 is 22.4 Å². The van der Waals surface area contributed by atoms with Crippen LogP contribution in [0.4, 0.5) is 10.2 Å². The molecule has 2 amide bonds. The Morgan fingerprint density at radius 1 is 1.11 bits per heavy atom. The molecule has 1 aromatic carbocycles. The number of sulfone groups is 1. The van der Waals surface area contributed by atoms with E-state index >= 15 is 0 Å². The number of fused-ring (bicyclic) bond motifs is 1. The molecule has 35 heavy (non-hydrogen) atoms. The maximum Gasteiger partial charge on any atom is 0.253 e. The molecule has 180 valence electrons. The molecule has 3 aromatic heterocycles. The summed E-state index contributed by atoms with van der Waals surface area (Å²) >= 11 is 0. The summed E-state index contributed by atoms with van der Waals surface area (Å²) in [5.41, 5.74) is 6.95. The van der Waals surface area contributed by atoms with Crippen LogP contribution < -0.4 is 16.4 Å². The van der Waals surface area contributed by atoms with Crippen LogP contribution in [0.2, 0.25) is 0 Å². The third-order valence-corrected chi connectivity index (χ3v) is 5.92. The first kappa shape index (κ1) is 23.8. The molecule has 0 unspecified atom stereocenters. The van der Waals surface area contributed by atoms with Crippen molar-refractivity contribution in [2.24, 2.45) is 5.73 Å². The Morgan fingerprint density at radius 2 is 1.86 bits per heavy atom. The molecule has 0 spiro atoms. The number of primary amides is 1. The van der Waals surface area contributed by atoms with Gasteiger partial charge in [-0.3, -0.25) is 14.6 Å². The van der Waals surface area contributed by atoms with Crippen LogP contribution >= 0.6 is 0 Å². The number of nitrogens with two attached hydrogens (primary N) is 1. The Kier molecular flexibility index (Phi) is 6.42. The number of carbonyl (C=O) groups excluding carboxylic acids is 2. The predicted octanol–water partition coefficient (Wildman–Crippen LogP) is 1.19. The van der Waals surface area contributed by atoms with Gasteiger partial charge in [0.1, 0.15) is 11.6 Å². The van der Waals surface area contributed by atoms with E-state index in [0.717, 1.165) is 6.26 Å². The predicted molar refractivity (Wildman–Crippen MR) is 125 cm³/mol. The second-order valence-corrected chi connectivity index (χ2v) is 9.59. The van der Waals surface area contributed by atoms with Crippen LogP contribution in [-0.2, 0) is 21.2 Å². The number of rotatable bonds is 8. The van der Waals surface area contributed by atoms with E-state index in [0.29, 0.717) is 22.2 Å². The number of aromatic nitrogens is 4. The summed E-state index contributed by atoms with van der Waals surface area (Å²) < 4.78 is 38.8. The van der Waals surface area contributed by atoms with Crippen molar-refractivity contribution in [2.75, 3.05) is 18.1 Å². The summed E-state index contributed by atoms with van der Waals surface area (Å²) in [5.74, 6) is -1.37. The van der Waals surface area contributed by atoms with Crippen molar-refractivity contribution in [3.8, 4) is 5.69 Å². The van der Waals surface area contributed by atoms with E-state index in [1.165, 1.54) is 41.3 Å². The van der Waals surface area contributed by atoms with Crippen molar-refractivity contribution in [3.63, 3.8) is 0 Å². The Bertz CT molecular complexity index is 1540. The summed E-state index contributed by atoms with van der Waals surface area (Å²) in [4.78, 5) is 32.1. The lowest BCUT2D eigenvalue weighted by Crippen LogP contribution is -2.24. The van der Waals surface area contributed by atoms with E-state index in [1.807, 2.05) is 0 Å². The average Bonchev–Trinajstić information content (AvgIpc) is 3.25. The number of halogens is 1. The number of anilines is 1. The Labute approximate surface area is 199 Å². The highest BCUT2D eigenvalue weighted by molar-refractivity contribution is 7.90. The molecule has 4 aromatic rings. The second kappa shape index (κ2) is 9.46. The van der Waals surface area contributed by atoms with Crippen LogP contribution in [0.5, 0.6) is 0 Å². The van der Waals surface area contributed by atoms with Gasteiger partial charge in [0.15, 0.2) is 14.9 Å². The van der Waals surface area contributed by atoms with Gasteiger partial charge < -0.3 is 16.4 Å². The van der Waals surface area contributed by atoms with Crippen LogP contribution in [-0.4, -0.2) is 52.8 Å². The highest BCUT2D eigenvalue weighted by Gasteiger charge is 2.17. The molecule has 0 aliphatic carbocycles. The highest BCUT2D eigenvalue weighted by atomic mass is 32.2. The van der Waals surface area contributed by atoms with Crippen molar-refractivity contribution in [1.29, 1.82) is 0 Å². The van der Waals surface area contributed by atoms with Gasteiger partial charge in [-0.2, -0.15) is 5.10 Å². The molecule has 0 atom stereocenters. The minimum atomic E-state index is -3.66. The number of carbonyl (C=O) groups is 2. The van der Waals surface area contributed by atoms with Crippen LogP contribution in [0.3, 0.4) is 0 Å². The van der Waals surface area contributed by atoms with E-state index < -0.39 is 21.7 Å². The van der Waals surface area contributed by atoms with Gasteiger partial charge in [0.25, 0.3) is 5.91 Å². The van der Waals surface area contributed by atoms with Crippen molar-refractivity contribution in [2.45, 2.75) is 11.6 Å². The molecule has 4 rings (SSSR count). The summed E-state index contributed by atoms with van der Waals surface area (Å²) in [6, 6.07) is 8.56. The van der Waals surface area contributed by atoms with Gasteiger partial charge in [0, 0.05) is 24.4 Å². The molecule has 3 heterocycles. The molecule has 0 bridgehead atoms. The van der Waals surface area contributed by atoms with Crippen molar-refractivity contribution >= 4 is 38.4 Å². The molecular weight excluding hydrogens is 477 g/mol. The summed E-state index contributed by atoms with van der Waals surface area (Å²) in [5, 5.41) is 9.98. The first-order valence-electron chi connectivity index (χ1n) is 10.2. The zero-order valence-corrected chi connectivity index (χ0v) is 19.2. The molecule has 13 heteroatoms. The maximum atomic E-state index is 13.3. The fraction of sp³-hybridized carbons (Fsp3) is 0.136. The Hall–Kier alpha value is -4.39. The Morgan fingerprint density at radius 3 is 2.54 bits per heavy atom. The minimum Gasteiger partial charge on any atom is -0.368 e. The van der Waals surface area contributed by atoms with Crippen LogP contribution in [0, 0.1) is 5.82 Å². The number of nitrogens with one attached hydrogen (secondary N) is 2. The zero-order valence-electron chi connectivity index (χ0n) is 18.4. The smallest absolute Gasteiger partial charge is 0.253 e. The van der Waals surface area contributed by atoms with E-state index in [2.05, 4.69) is 25.7 Å². The molecular formula is C22H20FN7O4S. The van der Waals surface area contributed by atoms with Gasteiger partial charge in [-0.1, -0.05) is 0 Å². The molecule has 0 radical (unpaired) electrons. The number of amides is 2. The Balaban J connectivity index is 1.59. The lowest BCUT2D eigenvalue weighted by molar-refractivity contribution is -0.116. The van der Waals surface area contributed by atoms with Gasteiger partial charge in [-0.05, 0) is 42.0 Å². The average molecular weight is 498 g/mol. The molecule has 11 nitrogen and oxygen atoms in total. The summed E-state index contributed by atoms with van der Waals surface area (Å²) in [7, 11) is -3.66. The standard InChI is InChI=1S/C22H20FN7O4S/c1-35(33,34)21-7-13(6-20(29-21)26-12-19(24)31)8-27-22(32)17-9-25-11-18-16(17)10-28-30(18)15-4-2-14(23)3-5-15/h2-7,9-11H,8,12H2,1H3,(H2,24,31)(H,26,29)(H,27,32). The van der Waals surface area contributed by atoms with Crippen LogP contribution in [0.1, 0.15) is 15.9 Å². The van der Waals surface area contributed by atoms with Crippen LogP contribution in [0.15, 0.2) is 60.0 Å². The number of pyridine rings is 2. The first-order chi connectivity index (χ1) is 16.6. The van der Waals surface area contributed by atoms with E-state index in [4.69, 9.17) is 5.73 Å². The van der Waals surface area contributed by atoms with Crippen molar-refractivity contribution in [1.82, 2.24) is 25.1 Å². The van der Waals surface area contributed by atoms with Gasteiger partial charge in [-0.25, -0.2) is 22.5 Å². The molecule has 0 aliphatic heterocycles. The molecule has 0 aliphatic rings. The summed E-state index contributed by atoms with van der Waals surface area (Å²) in [6.07, 6.45) is 5.44. The minimum absolute atomic E-state index is 0.0301. The van der Waals surface area contributed by atoms with Gasteiger partial charge in [-0.15, -0.1) is 0 Å². The topological polar surface area (TPSA) is 162 Å². The molecule has 0 fully saturated rings. The normalized spacial score (nSPS) is 11.4. The second-order valence-electron chi connectivity index (χ2n) is 7.63. The number of benzene rings is 1. The van der Waals surface area contributed by atoms with E-state index in [-0.39, 0.29) is 35.3 Å². The van der Waals surface area contributed by atoms with Crippen LogP contribution in [0.25, 0.3) is 16.6 Å². The fourth-order valence-electron chi connectivity index (χ4n) is 3.31. The lowest BCUT2D eigenvalue weighted by atomic mass is 10.1. The number of hydrogen-bond donors (Lipinski definition) is 3. The molecule has 0 saturated heterocycles. The first-order valence-corrected chi connectivity index (χ1v) is 12.1. The summed E-state index contributed by atoms with van der Waals surface area (Å²) in [6.45, 7) is -0.269. The molecule has 4 N–H and O–H groups in total. The third kappa shape index (κ3) is 5.41. The van der Waals surface area contributed by atoms with Gasteiger partial charge in [0.2, 0.25) is 5.91 Å². The largest absolute Gasteiger partial charge is 0.368 e. The quantitative estimate of drug-likeness (QED) is 0.327. The number of nitrogens with zero attached hydrogens (tertiary/aromatic N) is 4. The molecule has 0 saturated carbocycles. The number of hydrogen-bond acceptors (Lipinski definition) is 8. The lowest BCUT2D eigenvalue weighted by Gasteiger charge is -2.11. The maximum absolute atomic E-state index is 13.3. The zero-order chi connectivity index (χ0) is 25.2. The fourth-order valence-corrected chi connectivity index (χ4v) is 3.94. The van der Waals surface area contributed by atoms with Crippen molar-refractivity contribution in [3.05, 3.63) is 71.9 Å².